The molecule has 0 fully saturated rings. The number of aryl methyl sites for hydroxylation is 1. The molecule has 1 aliphatic heterocycles. The molecule has 136 valence electrons. The number of nitrogens with one attached hydrogen (secondary N) is 1. The number of hydrogen-bond donors (Lipinski definition) is 1. The number of aliphatic imine (C=N–C) groups is 1. The van der Waals surface area contributed by atoms with Gasteiger partial charge in [0.25, 0.3) is 0 Å². The largest absolute Gasteiger partial charge is 0.496 e. The summed E-state index contributed by atoms with van der Waals surface area (Å²) < 4.78 is 5.61. The standard InChI is InChI=1S/C23H28N2O/c1-24-15-22-17(10-11-21-20(22)4-3-5-23(21)26-2)8-6-16-7-9-18-13-25-14-19(18)12-16/h3-5,7,9,12-13,17,22,24H,6,8,10-11,14-15H2,1-2H3. The first-order valence-electron chi connectivity index (χ1n) is 9.72. The Morgan fingerprint density at radius 3 is 3.00 bits per heavy atom. The Bertz CT molecular complexity index is 812. The lowest BCUT2D eigenvalue weighted by Crippen LogP contribution is -2.29. The molecule has 0 bridgehead atoms. The van der Waals surface area contributed by atoms with Crippen molar-refractivity contribution in [1.82, 2.24) is 5.32 Å². The molecule has 2 aromatic rings. The lowest BCUT2D eigenvalue weighted by molar-refractivity contribution is 0.332. The zero-order valence-corrected chi connectivity index (χ0v) is 15.8. The van der Waals surface area contributed by atoms with Crippen molar-refractivity contribution in [2.45, 2.75) is 38.1 Å². The SMILES string of the molecule is CNCC1c2cccc(OC)c2CCC1CCc1ccc2c(c1)CN=C2. The first kappa shape index (κ1) is 17.3. The molecule has 3 heteroatoms. The molecular weight excluding hydrogens is 320 g/mol. The summed E-state index contributed by atoms with van der Waals surface area (Å²) in [5.41, 5.74) is 7.03. The van der Waals surface area contributed by atoms with Gasteiger partial charge in [0, 0.05) is 12.8 Å². The number of nitrogens with zero attached hydrogens (tertiary/aromatic N) is 1. The van der Waals surface area contributed by atoms with Crippen LogP contribution >= 0.6 is 0 Å². The van der Waals surface area contributed by atoms with E-state index in [-0.39, 0.29) is 0 Å². The van der Waals surface area contributed by atoms with Gasteiger partial charge in [-0.15, -0.1) is 0 Å². The van der Waals surface area contributed by atoms with Crippen LogP contribution in [0.3, 0.4) is 0 Å². The Hall–Kier alpha value is -2.13. The highest BCUT2D eigenvalue weighted by Crippen LogP contribution is 2.41. The summed E-state index contributed by atoms with van der Waals surface area (Å²) in [4.78, 5) is 4.38. The molecule has 0 radical (unpaired) electrons. The maximum Gasteiger partial charge on any atom is 0.122 e. The van der Waals surface area contributed by atoms with Gasteiger partial charge in [0.05, 0.1) is 13.7 Å². The number of hydrogen-bond acceptors (Lipinski definition) is 3. The minimum Gasteiger partial charge on any atom is -0.496 e. The number of benzene rings is 2. The Labute approximate surface area is 156 Å². The van der Waals surface area contributed by atoms with Crippen LogP contribution in [0.2, 0.25) is 0 Å². The van der Waals surface area contributed by atoms with E-state index in [1.807, 2.05) is 6.21 Å². The second-order valence-electron chi connectivity index (χ2n) is 7.53. The van der Waals surface area contributed by atoms with Gasteiger partial charge in [0.2, 0.25) is 0 Å². The average Bonchev–Trinajstić information content (AvgIpc) is 3.14. The Morgan fingerprint density at radius 1 is 1.23 bits per heavy atom. The highest BCUT2D eigenvalue weighted by Gasteiger charge is 2.30. The Kier molecular flexibility index (Phi) is 5.07. The zero-order chi connectivity index (χ0) is 17.9. The molecule has 0 amide bonds. The molecule has 2 aromatic carbocycles. The fourth-order valence-corrected chi connectivity index (χ4v) is 4.69. The summed E-state index contributed by atoms with van der Waals surface area (Å²) in [6.45, 7) is 1.88. The van der Waals surface area contributed by atoms with E-state index in [2.05, 4.69) is 53.8 Å². The van der Waals surface area contributed by atoms with E-state index in [1.165, 1.54) is 40.7 Å². The van der Waals surface area contributed by atoms with E-state index in [1.54, 1.807) is 7.11 Å². The average molecular weight is 348 g/mol. The summed E-state index contributed by atoms with van der Waals surface area (Å²) in [6, 6.07) is 13.4. The van der Waals surface area contributed by atoms with E-state index in [4.69, 9.17) is 4.74 Å². The van der Waals surface area contributed by atoms with Gasteiger partial charge in [-0.2, -0.15) is 0 Å². The van der Waals surface area contributed by atoms with Gasteiger partial charge in [-0.3, -0.25) is 4.99 Å². The lowest BCUT2D eigenvalue weighted by atomic mass is 9.72. The number of methoxy groups -OCH3 is 1. The fraction of sp³-hybridized carbons (Fsp3) is 0.435. The molecule has 2 unspecified atom stereocenters. The van der Waals surface area contributed by atoms with Gasteiger partial charge in [-0.25, -0.2) is 0 Å². The zero-order valence-electron chi connectivity index (χ0n) is 15.8. The summed E-state index contributed by atoms with van der Waals surface area (Å²) in [5.74, 6) is 2.34. The molecule has 0 spiro atoms. The number of rotatable bonds is 6. The summed E-state index contributed by atoms with van der Waals surface area (Å²) in [7, 11) is 3.85. The predicted octanol–water partition coefficient (Wildman–Crippen LogP) is 4.13. The molecule has 1 N–H and O–H groups in total. The molecule has 1 aliphatic carbocycles. The predicted molar refractivity (Wildman–Crippen MR) is 108 cm³/mol. The molecule has 4 rings (SSSR count). The van der Waals surface area contributed by atoms with Gasteiger partial charge in [-0.05, 0) is 78.5 Å². The third-order valence-electron chi connectivity index (χ3n) is 6.05. The first-order valence-corrected chi connectivity index (χ1v) is 9.72. The van der Waals surface area contributed by atoms with Gasteiger partial charge in [-0.1, -0.05) is 30.3 Å². The third-order valence-corrected chi connectivity index (χ3v) is 6.05. The number of ether oxygens (including phenoxy) is 1. The van der Waals surface area contributed by atoms with Crippen LogP contribution in [0.4, 0.5) is 0 Å². The third kappa shape index (κ3) is 3.28. The lowest BCUT2D eigenvalue weighted by Gasteiger charge is -2.34. The molecule has 0 aromatic heterocycles. The van der Waals surface area contributed by atoms with Crippen molar-refractivity contribution in [1.29, 1.82) is 0 Å². The van der Waals surface area contributed by atoms with Crippen LogP contribution in [0.1, 0.15) is 46.6 Å². The van der Waals surface area contributed by atoms with E-state index in [0.29, 0.717) is 11.8 Å². The Balaban J connectivity index is 1.51. The first-order chi connectivity index (χ1) is 12.8. The van der Waals surface area contributed by atoms with Crippen molar-refractivity contribution < 1.29 is 4.74 Å². The van der Waals surface area contributed by atoms with Crippen LogP contribution in [0.5, 0.6) is 5.75 Å². The van der Waals surface area contributed by atoms with Crippen LogP contribution in [-0.4, -0.2) is 26.9 Å². The van der Waals surface area contributed by atoms with E-state index in [9.17, 15) is 0 Å². The maximum atomic E-state index is 5.61. The van der Waals surface area contributed by atoms with Crippen LogP contribution in [0, 0.1) is 5.92 Å². The fourth-order valence-electron chi connectivity index (χ4n) is 4.69. The summed E-state index contributed by atoms with van der Waals surface area (Å²) in [6.07, 6.45) is 6.75. The summed E-state index contributed by atoms with van der Waals surface area (Å²) in [5, 5.41) is 3.42. The maximum absolute atomic E-state index is 5.61. The monoisotopic (exact) mass is 348 g/mol. The molecule has 1 heterocycles. The van der Waals surface area contributed by atoms with Crippen molar-refractivity contribution in [3.8, 4) is 5.75 Å². The van der Waals surface area contributed by atoms with Crippen LogP contribution in [-0.2, 0) is 19.4 Å². The van der Waals surface area contributed by atoms with Crippen molar-refractivity contribution >= 4 is 6.21 Å². The molecule has 2 aliphatic rings. The van der Waals surface area contributed by atoms with E-state index in [0.717, 1.165) is 31.7 Å². The van der Waals surface area contributed by atoms with E-state index >= 15 is 0 Å². The molecule has 3 nitrogen and oxygen atoms in total. The molecule has 26 heavy (non-hydrogen) atoms. The van der Waals surface area contributed by atoms with Gasteiger partial charge in [0.1, 0.15) is 5.75 Å². The normalized spacial score (nSPS) is 20.7. The number of likely N-dealkylation sites (N-methyl/N-ethyl adjacent to an activating group) is 1. The molecular formula is C23H28N2O. The minimum absolute atomic E-state index is 0.566. The van der Waals surface area contributed by atoms with Crippen molar-refractivity contribution in [2.75, 3.05) is 20.7 Å². The van der Waals surface area contributed by atoms with Gasteiger partial charge < -0.3 is 10.1 Å². The van der Waals surface area contributed by atoms with Crippen molar-refractivity contribution in [3.63, 3.8) is 0 Å². The molecule has 0 saturated carbocycles. The second-order valence-corrected chi connectivity index (χ2v) is 7.53. The van der Waals surface area contributed by atoms with E-state index < -0.39 is 0 Å². The molecule has 0 saturated heterocycles. The Morgan fingerprint density at radius 2 is 2.15 bits per heavy atom. The summed E-state index contributed by atoms with van der Waals surface area (Å²) >= 11 is 0. The van der Waals surface area contributed by atoms with Crippen LogP contribution in [0.15, 0.2) is 41.4 Å². The van der Waals surface area contributed by atoms with Crippen molar-refractivity contribution in [2.24, 2.45) is 10.9 Å². The minimum atomic E-state index is 0.566. The van der Waals surface area contributed by atoms with Crippen molar-refractivity contribution in [3.05, 3.63) is 64.2 Å². The van der Waals surface area contributed by atoms with Crippen LogP contribution < -0.4 is 10.1 Å². The van der Waals surface area contributed by atoms with Gasteiger partial charge in [0.15, 0.2) is 0 Å². The number of fused-ring (bicyclic) bond motifs is 2. The topological polar surface area (TPSA) is 33.6 Å². The van der Waals surface area contributed by atoms with Gasteiger partial charge >= 0.3 is 0 Å². The highest BCUT2D eigenvalue weighted by atomic mass is 16.5. The smallest absolute Gasteiger partial charge is 0.122 e. The van der Waals surface area contributed by atoms with Crippen LogP contribution in [0.25, 0.3) is 0 Å². The molecule has 2 atom stereocenters. The highest BCUT2D eigenvalue weighted by molar-refractivity contribution is 5.84. The quantitative estimate of drug-likeness (QED) is 0.852. The second kappa shape index (κ2) is 7.63.